The van der Waals surface area contributed by atoms with Crippen LogP contribution in [0.5, 0.6) is 0 Å². The van der Waals surface area contributed by atoms with Gasteiger partial charge in [0.05, 0.1) is 16.3 Å². The molecule has 9 heteroatoms. The van der Waals surface area contributed by atoms with Gasteiger partial charge in [-0.05, 0) is 49.2 Å². The van der Waals surface area contributed by atoms with Crippen molar-refractivity contribution < 1.29 is 18.3 Å². The Labute approximate surface area is 163 Å². The Bertz CT molecular complexity index is 957. The summed E-state index contributed by atoms with van der Waals surface area (Å²) in [4.78, 5) is 10.4. The molecule has 0 bridgehead atoms. The van der Waals surface area contributed by atoms with Crippen LogP contribution in [0.1, 0.15) is 24.5 Å². The number of halogens is 1. The highest BCUT2D eigenvalue weighted by molar-refractivity contribution is 7.89. The molecule has 0 aliphatic carbocycles. The zero-order chi connectivity index (χ0) is 20.0. The first-order valence-electron chi connectivity index (χ1n) is 8.05. The number of nitrogens with one attached hydrogen (secondary N) is 2. The summed E-state index contributed by atoms with van der Waals surface area (Å²) in [6.07, 6.45) is -0.391. The molecular formula is C18H19ClN3O4S-. The lowest BCUT2D eigenvalue weighted by Crippen LogP contribution is -2.31. The molecule has 144 valence electrons. The van der Waals surface area contributed by atoms with Gasteiger partial charge in [-0.2, -0.15) is 5.10 Å². The van der Waals surface area contributed by atoms with E-state index in [9.17, 15) is 18.3 Å². The van der Waals surface area contributed by atoms with Gasteiger partial charge in [-0.3, -0.25) is 5.43 Å². The second-order valence-corrected chi connectivity index (χ2v) is 7.99. The van der Waals surface area contributed by atoms with Crippen molar-refractivity contribution in [1.82, 2.24) is 4.72 Å². The van der Waals surface area contributed by atoms with E-state index in [0.29, 0.717) is 10.7 Å². The van der Waals surface area contributed by atoms with Crippen molar-refractivity contribution in [2.75, 3.05) is 12.0 Å². The molecule has 0 aromatic heterocycles. The van der Waals surface area contributed by atoms with Crippen molar-refractivity contribution in [1.29, 1.82) is 0 Å². The summed E-state index contributed by atoms with van der Waals surface area (Å²) in [5.41, 5.74) is 5.99. The first-order valence-corrected chi connectivity index (χ1v) is 9.91. The summed E-state index contributed by atoms with van der Waals surface area (Å²) >= 11 is 6.07. The topological polar surface area (TPSA) is 111 Å². The standard InChI is InChI=1S/C18H20ClN3O4S/c1-12-3-6-15(11-17(12)19)22-21-13(2)14-4-7-16(8-5-14)27(25,26)20-10-9-18(23)24/h3-8,11,20,22H,9-10H2,1-2H3,(H,23,24)/p-1/b21-13-. The summed E-state index contributed by atoms with van der Waals surface area (Å²) in [5, 5.41) is 15.3. The number of benzene rings is 2. The minimum absolute atomic E-state index is 0.0377. The van der Waals surface area contributed by atoms with Crippen LogP contribution in [-0.2, 0) is 14.8 Å². The number of rotatable bonds is 8. The number of hydrogen-bond acceptors (Lipinski definition) is 6. The molecule has 2 N–H and O–H groups in total. The first kappa shape index (κ1) is 20.9. The van der Waals surface area contributed by atoms with Crippen LogP contribution in [0.4, 0.5) is 5.69 Å². The molecule has 27 heavy (non-hydrogen) atoms. The Balaban J connectivity index is 2.06. The maximum absolute atomic E-state index is 12.1. The maximum Gasteiger partial charge on any atom is 0.240 e. The third-order valence-electron chi connectivity index (χ3n) is 3.73. The smallest absolute Gasteiger partial charge is 0.240 e. The van der Waals surface area contributed by atoms with Gasteiger partial charge >= 0.3 is 0 Å². The van der Waals surface area contributed by atoms with Gasteiger partial charge < -0.3 is 9.90 Å². The predicted molar refractivity (Wildman–Crippen MR) is 103 cm³/mol. The molecule has 2 rings (SSSR count). The molecule has 0 saturated heterocycles. The van der Waals surface area contributed by atoms with E-state index in [2.05, 4.69) is 15.2 Å². The minimum Gasteiger partial charge on any atom is -0.550 e. The molecular weight excluding hydrogens is 390 g/mol. The van der Waals surface area contributed by atoms with Crippen molar-refractivity contribution in [3.63, 3.8) is 0 Å². The lowest BCUT2D eigenvalue weighted by Gasteiger charge is -2.08. The largest absolute Gasteiger partial charge is 0.550 e. The number of carboxylic acid groups (broad SMARTS) is 1. The highest BCUT2D eigenvalue weighted by Crippen LogP contribution is 2.20. The normalized spacial score (nSPS) is 12.0. The van der Waals surface area contributed by atoms with Crippen molar-refractivity contribution in [3.05, 3.63) is 58.6 Å². The molecule has 0 fully saturated rings. The summed E-state index contributed by atoms with van der Waals surface area (Å²) in [7, 11) is -3.77. The quantitative estimate of drug-likeness (QED) is 0.512. The SMILES string of the molecule is C/C(=N/Nc1ccc(C)c(Cl)c1)c1ccc(S(=O)(=O)NCCC(=O)[O-])cc1. The molecule has 0 radical (unpaired) electrons. The van der Waals surface area contributed by atoms with Gasteiger partial charge in [0.15, 0.2) is 0 Å². The second-order valence-electron chi connectivity index (χ2n) is 5.82. The van der Waals surface area contributed by atoms with Crippen LogP contribution >= 0.6 is 11.6 Å². The van der Waals surface area contributed by atoms with Crippen LogP contribution < -0.4 is 15.3 Å². The molecule has 0 amide bonds. The van der Waals surface area contributed by atoms with Gasteiger partial charge in [0.1, 0.15) is 0 Å². The van der Waals surface area contributed by atoms with Crippen LogP contribution in [0.3, 0.4) is 0 Å². The minimum atomic E-state index is -3.77. The van der Waals surface area contributed by atoms with Gasteiger partial charge in [0, 0.05) is 24.0 Å². The molecule has 0 aliphatic rings. The van der Waals surface area contributed by atoms with Crippen molar-refractivity contribution in [2.45, 2.75) is 25.2 Å². The van der Waals surface area contributed by atoms with Crippen LogP contribution in [0.15, 0.2) is 52.5 Å². The highest BCUT2D eigenvalue weighted by atomic mass is 35.5. The molecule has 0 heterocycles. The number of carboxylic acids is 1. The summed E-state index contributed by atoms with van der Waals surface area (Å²) in [5.74, 6) is -1.32. The van der Waals surface area contributed by atoms with Gasteiger partial charge in [-0.25, -0.2) is 13.1 Å². The molecule has 0 unspecified atom stereocenters. The van der Waals surface area contributed by atoms with E-state index in [4.69, 9.17) is 11.6 Å². The zero-order valence-electron chi connectivity index (χ0n) is 14.8. The van der Waals surface area contributed by atoms with E-state index in [1.807, 2.05) is 19.1 Å². The van der Waals surface area contributed by atoms with Crippen molar-refractivity contribution in [2.24, 2.45) is 5.10 Å². The van der Waals surface area contributed by atoms with Crippen molar-refractivity contribution in [3.8, 4) is 0 Å². The Morgan fingerprint density at radius 3 is 2.44 bits per heavy atom. The molecule has 0 saturated carbocycles. The summed E-state index contributed by atoms with van der Waals surface area (Å²) in [6.45, 7) is 3.46. The zero-order valence-corrected chi connectivity index (χ0v) is 16.4. The van der Waals surface area contributed by atoms with Gasteiger partial charge in [-0.15, -0.1) is 0 Å². The average molecular weight is 409 g/mol. The number of nitrogens with zero attached hydrogens (tertiary/aromatic N) is 1. The number of carbonyl (C=O) groups is 1. The third-order valence-corrected chi connectivity index (χ3v) is 5.61. The van der Waals surface area contributed by atoms with E-state index >= 15 is 0 Å². The van der Waals surface area contributed by atoms with E-state index in [0.717, 1.165) is 16.8 Å². The number of carbonyl (C=O) groups excluding carboxylic acids is 1. The highest BCUT2D eigenvalue weighted by Gasteiger charge is 2.13. The Hall–Kier alpha value is -2.42. The number of hydrazone groups is 1. The van der Waals surface area contributed by atoms with Crippen LogP contribution in [-0.4, -0.2) is 26.6 Å². The number of hydrogen-bond donors (Lipinski definition) is 2. The summed E-state index contributed by atoms with van der Waals surface area (Å²) in [6, 6.07) is 11.6. The van der Waals surface area contributed by atoms with Crippen LogP contribution in [0.25, 0.3) is 0 Å². The second kappa shape index (κ2) is 8.98. The molecule has 0 atom stereocenters. The fourth-order valence-electron chi connectivity index (χ4n) is 2.12. The number of sulfonamides is 1. The van der Waals surface area contributed by atoms with E-state index in [1.165, 1.54) is 12.1 Å². The van der Waals surface area contributed by atoms with E-state index in [-0.39, 0.29) is 11.4 Å². The maximum atomic E-state index is 12.1. The average Bonchev–Trinajstić information content (AvgIpc) is 2.62. The lowest BCUT2D eigenvalue weighted by molar-refractivity contribution is -0.305. The fourth-order valence-corrected chi connectivity index (χ4v) is 3.33. The number of aryl methyl sites for hydroxylation is 1. The Kier molecular flexibility index (Phi) is 6.95. The van der Waals surface area contributed by atoms with E-state index in [1.54, 1.807) is 25.1 Å². The lowest BCUT2D eigenvalue weighted by atomic mass is 10.1. The van der Waals surface area contributed by atoms with Crippen LogP contribution in [0.2, 0.25) is 5.02 Å². The first-order chi connectivity index (χ1) is 12.7. The van der Waals surface area contributed by atoms with Crippen LogP contribution in [0, 0.1) is 6.92 Å². The number of aliphatic carboxylic acids is 1. The van der Waals surface area contributed by atoms with Crippen molar-refractivity contribution >= 4 is 39.0 Å². The summed E-state index contributed by atoms with van der Waals surface area (Å²) < 4.78 is 26.4. The fraction of sp³-hybridized carbons (Fsp3) is 0.222. The predicted octanol–water partition coefficient (Wildman–Crippen LogP) is 1.90. The Morgan fingerprint density at radius 1 is 1.19 bits per heavy atom. The third kappa shape index (κ3) is 6.06. The molecule has 2 aromatic rings. The molecule has 0 aliphatic heterocycles. The van der Waals surface area contributed by atoms with Gasteiger partial charge in [0.2, 0.25) is 10.0 Å². The van der Waals surface area contributed by atoms with E-state index < -0.39 is 22.4 Å². The molecule has 7 nitrogen and oxygen atoms in total. The van der Waals surface area contributed by atoms with Gasteiger partial charge in [0.25, 0.3) is 0 Å². The Morgan fingerprint density at radius 2 is 1.85 bits per heavy atom. The molecule has 2 aromatic carbocycles. The number of anilines is 1. The monoisotopic (exact) mass is 408 g/mol. The molecule has 0 spiro atoms. The van der Waals surface area contributed by atoms with Gasteiger partial charge in [-0.1, -0.05) is 29.8 Å².